The van der Waals surface area contributed by atoms with Crippen molar-refractivity contribution < 1.29 is 18.0 Å². The van der Waals surface area contributed by atoms with E-state index >= 15 is 0 Å². The predicted octanol–water partition coefficient (Wildman–Crippen LogP) is 2.23. The van der Waals surface area contributed by atoms with Gasteiger partial charge >= 0.3 is 6.18 Å². The number of nitrogens with zero attached hydrogens (tertiary/aromatic N) is 3. The van der Waals surface area contributed by atoms with E-state index < -0.39 is 12.5 Å². The molecule has 1 aromatic rings. The van der Waals surface area contributed by atoms with Gasteiger partial charge in [0.2, 0.25) is 6.29 Å². The molecule has 1 aliphatic heterocycles. The molecule has 1 saturated heterocycles. The summed E-state index contributed by atoms with van der Waals surface area (Å²) in [5.41, 5.74) is 2.49. The van der Waals surface area contributed by atoms with Crippen LogP contribution in [0.2, 0.25) is 0 Å². The summed E-state index contributed by atoms with van der Waals surface area (Å²) < 4.78 is 33.6. The molecule has 0 bridgehead atoms. The van der Waals surface area contributed by atoms with Crippen molar-refractivity contribution in [3.63, 3.8) is 0 Å². The number of nitrogens with one attached hydrogen (secondary N) is 1. The number of likely N-dealkylation sites (N-methyl/N-ethyl adjacent to an activating group) is 1. The van der Waals surface area contributed by atoms with E-state index in [-0.39, 0.29) is 0 Å². The summed E-state index contributed by atoms with van der Waals surface area (Å²) in [6.07, 6.45) is -3.21. The van der Waals surface area contributed by atoms with Gasteiger partial charge in [-0.05, 0) is 47.3 Å². The lowest BCUT2D eigenvalue weighted by atomic mass is 10.2. The Balaban J connectivity index is 0.000000379. The molecule has 1 aromatic heterocycles. The summed E-state index contributed by atoms with van der Waals surface area (Å²) in [7, 11) is 4.24. The highest BCUT2D eigenvalue weighted by Gasteiger charge is 2.25. The number of rotatable bonds is 4. The summed E-state index contributed by atoms with van der Waals surface area (Å²) in [6, 6.07) is 0.463. The van der Waals surface area contributed by atoms with Crippen LogP contribution >= 0.6 is 0 Å². The van der Waals surface area contributed by atoms with Gasteiger partial charge in [0.1, 0.15) is 5.82 Å². The quantitative estimate of drug-likeness (QED) is 0.858. The van der Waals surface area contributed by atoms with Gasteiger partial charge in [-0.1, -0.05) is 0 Å². The molecule has 0 saturated carbocycles. The molecule has 2 heterocycles. The average Bonchev–Trinajstić information content (AvgIpc) is 3.07. The molecule has 23 heavy (non-hydrogen) atoms. The standard InChI is InChI=1S/C13H24N4.C2HF3O/c1-10-11(2)17(9-8-16(3)4)13(15-10)12-6-5-7-14-12;3-2(4,5)1-6/h12,14H,5-9H2,1-4H3;1H/t12-;/m0./s1. The van der Waals surface area contributed by atoms with Crippen molar-refractivity contribution in [3.8, 4) is 0 Å². The van der Waals surface area contributed by atoms with E-state index in [4.69, 9.17) is 9.78 Å². The van der Waals surface area contributed by atoms with Crippen LogP contribution in [0.3, 0.4) is 0 Å². The first-order chi connectivity index (χ1) is 10.7. The maximum atomic E-state index is 10.4. The van der Waals surface area contributed by atoms with Crippen LogP contribution in [-0.4, -0.2) is 54.1 Å². The van der Waals surface area contributed by atoms with E-state index in [9.17, 15) is 13.2 Å². The molecular formula is C15H25F3N4O. The summed E-state index contributed by atoms with van der Waals surface area (Å²) >= 11 is 0. The molecule has 0 radical (unpaired) electrons. The van der Waals surface area contributed by atoms with E-state index in [1.54, 1.807) is 0 Å². The molecular weight excluding hydrogens is 309 g/mol. The Morgan fingerprint density at radius 1 is 1.39 bits per heavy atom. The van der Waals surface area contributed by atoms with Gasteiger partial charge in [-0.2, -0.15) is 13.2 Å². The van der Waals surface area contributed by atoms with E-state index in [2.05, 4.69) is 42.7 Å². The van der Waals surface area contributed by atoms with Crippen molar-refractivity contribution in [3.05, 3.63) is 17.2 Å². The SMILES string of the molecule is Cc1nc([C@@H]2CCCN2)n(CCN(C)C)c1C.O=CC(F)(F)F. The number of carbonyl (C=O) groups excluding carboxylic acids is 1. The van der Waals surface area contributed by atoms with Gasteiger partial charge in [-0.3, -0.25) is 4.79 Å². The molecule has 0 aliphatic carbocycles. The minimum absolute atomic E-state index is 0.463. The zero-order valence-electron chi connectivity index (χ0n) is 14.1. The molecule has 2 rings (SSSR count). The van der Waals surface area contributed by atoms with Crippen molar-refractivity contribution in [1.29, 1.82) is 0 Å². The first kappa shape index (κ1) is 19.6. The second-order valence-corrected chi connectivity index (χ2v) is 5.90. The van der Waals surface area contributed by atoms with Crippen LogP contribution in [0.25, 0.3) is 0 Å². The highest BCUT2D eigenvalue weighted by Crippen LogP contribution is 2.24. The van der Waals surface area contributed by atoms with Gasteiger partial charge in [0.05, 0.1) is 11.7 Å². The maximum absolute atomic E-state index is 10.4. The van der Waals surface area contributed by atoms with Crippen molar-refractivity contribution in [1.82, 2.24) is 19.8 Å². The van der Waals surface area contributed by atoms with Crippen molar-refractivity contribution >= 4 is 6.29 Å². The number of aldehydes is 1. The third-order valence-electron chi connectivity index (χ3n) is 3.76. The fourth-order valence-electron chi connectivity index (χ4n) is 2.43. The van der Waals surface area contributed by atoms with Crippen molar-refractivity contribution in [2.75, 3.05) is 27.2 Å². The number of imidazole rings is 1. The number of halogens is 3. The molecule has 1 N–H and O–H groups in total. The highest BCUT2D eigenvalue weighted by atomic mass is 19.4. The van der Waals surface area contributed by atoms with Crippen LogP contribution < -0.4 is 5.32 Å². The van der Waals surface area contributed by atoms with E-state index in [0.717, 1.165) is 19.6 Å². The highest BCUT2D eigenvalue weighted by molar-refractivity contribution is 5.56. The molecule has 1 fully saturated rings. The normalized spacial score (nSPS) is 18.0. The summed E-state index contributed by atoms with van der Waals surface area (Å²) in [5.74, 6) is 1.24. The number of aromatic nitrogens is 2. The largest absolute Gasteiger partial charge is 0.446 e. The van der Waals surface area contributed by atoms with Crippen molar-refractivity contribution in [2.45, 2.75) is 45.5 Å². The van der Waals surface area contributed by atoms with Gasteiger partial charge in [-0.15, -0.1) is 0 Å². The number of alkyl halides is 3. The van der Waals surface area contributed by atoms with E-state index in [1.807, 2.05) is 0 Å². The lowest BCUT2D eigenvalue weighted by Crippen LogP contribution is -2.23. The average molecular weight is 334 g/mol. The summed E-state index contributed by atoms with van der Waals surface area (Å²) in [5, 5.41) is 3.54. The minimum atomic E-state index is -4.64. The van der Waals surface area contributed by atoms with Crippen LogP contribution in [0.1, 0.15) is 36.1 Å². The van der Waals surface area contributed by atoms with Crippen LogP contribution in [0.4, 0.5) is 13.2 Å². The molecule has 132 valence electrons. The zero-order chi connectivity index (χ0) is 17.6. The topological polar surface area (TPSA) is 50.2 Å². The molecule has 0 amide bonds. The first-order valence-electron chi connectivity index (χ1n) is 7.60. The van der Waals surface area contributed by atoms with Crippen LogP contribution in [0.5, 0.6) is 0 Å². The van der Waals surface area contributed by atoms with E-state index in [0.29, 0.717) is 6.04 Å². The number of aryl methyl sites for hydroxylation is 1. The Hall–Kier alpha value is -1.41. The monoisotopic (exact) mass is 334 g/mol. The molecule has 5 nitrogen and oxygen atoms in total. The van der Waals surface area contributed by atoms with Gasteiger partial charge in [0, 0.05) is 18.8 Å². The van der Waals surface area contributed by atoms with Gasteiger partial charge < -0.3 is 14.8 Å². The Bertz CT molecular complexity index is 506. The lowest BCUT2D eigenvalue weighted by Gasteiger charge is -2.17. The van der Waals surface area contributed by atoms with Gasteiger partial charge in [-0.25, -0.2) is 4.98 Å². The van der Waals surface area contributed by atoms with Crippen molar-refractivity contribution in [2.24, 2.45) is 0 Å². The molecule has 1 atom stereocenters. The Labute approximate surface area is 134 Å². The van der Waals surface area contributed by atoms with Crippen LogP contribution in [0, 0.1) is 13.8 Å². The molecule has 0 spiro atoms. The fraction of sp³-hybridized carbons (Fsp3) is 0.733. The van der Waals surface area contributed by atoms with E-state index in [1.165, 1.54) is 30.1 Å². The second-order valence-electron chi connectivity index (χ2n) is 5.90. The third kappa shape index (κ3) is 6.31. The van der Waals surface area contributed by atoms with Crippen LogP contribution in [-0.2, 0) is 11.3 Å². The molecule has 8 heteroatoms. The Kier molecular flexibility index (Phi) is 7.21. The van der Waals surface area contributed by atoms with Gasteiger partial charge in [0.25, 0.3) is 0 Å². The lowest BCUT2D eigenvalue weighted by molar-refractivity contribution is -0.156. The third-order valence-corrected chi connectivity index (χ3v) is 3.76. The number of hydrogen-bond donors (Lipinski definition) is 1. The number of hydrogen-bond acceptors (Lipinski definition) is 4. The maximum Gasteiger partial charge on any atom is 0.446 e. The molecule has 0 aromatic carbocycles. The molecule has 0 unspecified atom stereocenters. The fourth-order valence-corrected chi connectivity index (χ4v) is 2.43. The smallest absolute Gasteiger partial charge is 0.329 e. The second kappa shape index (κ2) is 8.44. The van der Waals surface area contributed by atoms with Crippen LogP contribution in [0.15, 0.2) is 0 Å². The minimum Gasteiger partial charge on any atom is -0.329 e. The molecule has 1 aliphatic rings. The number of carbonyl (C=O) groups is 1. The Morgan fingerprint density at radius 3 is 2.43 bits per heavy atom. The summed E-state index contributed by atoms with van der Waals surface area (Å²) in [6.45, 7) is 7.52. The summed E-state index contributed by atoms with van der Waals surface area (Å²) in [4.78, 5) is 15.7. The van der Waals surface area contributed by atoms with Gasteiger partial charge in [0.15, 0.2) is 0 Å². The zero-order valence-corrected chi connectivity index (χ0v) is 14.1. The first-order valence-corrected chi connectivity index (χ1v) is 7.60. The predicted molar refractivity (Wildman–Crippen MR) is 82.4 cm³/mol. The Morgan fingerprint density at radius 2 is 2.00 bits per heavy atom.